The van der Waals surface area contributed by atoms with Crippen molar-refractivity contribution >= 4 is 0 Å². The van der Waals surface area contributed by atoms with Crippen molar-refractivity contribution in [1.29, 1.82) is 0 Å². The number of benzene rings is 1. The molecule has 3 rings (SSSR count). The molecule has 0 radical (unpaired) electrons. The van der Waals surface area contributed by atoms with Gasteiger partial charge < -0.3 is 14.6 Å². The van der Waals surface area contributed by atoms with E-state index in [0.29, 0.717) is 17.2 Å². The number of alkyl halides is 2. The smallest absolute Gasteiger partial charge is 0.312 e. The number of aliphatic hydroxyl groups is 1. The summed E-state index contributed by atoms with van der Waals surface area (Å²) in [6.45, 7) is -1.31. The van der Waals surface area contributed by atoms with Crippen LogP contribution in [0.4, 0.5) is 8.78 Å². The summed E-state index contributed by atoms with van der Waals surface area (Å²) in [4.78, 5) is 7.89. The van der Waals surface area contributed by atoms with Crippen molar-refractivity contribution in [3.8, 4) is 28.5 Å². The lowest BCUT2D eigenvalue weighted by Crippen LogP contribution is -2.19. The maximum absolute atomic E-state index is 13.4. The first-order valence-electron chi connectivity index (χ1n) is 7.76. The van der Waals surface area contributed by atoms with Gasteiger partial charge in [0.2, 0.25) is 5.88 Å². The minimum absolute atomic E-state index is 0.248. The molecule has 1 aromatic carbocycles. The van der Waals surface area contributed by atoms with Gasteiger partial charge in [0.1, 0.15) is 23.8 Å². The van der Waals surface area contributed by atoms with E-state index in [0.717, 1.165) is 11.6 Å². The Morgan fingerprint density at radius 2 is 1.77 bits per heavy atom. The van der Waals surface area contributed by atoms with E-state index < -0.39 is 18.2 Å². The van der Waals surface area contributed by atoms with Gasteiger partial charge in [-0.15, -0.1) is 0 Å². The van der Waals surface area contributed by atoms with Crippen molar-refractivity contribution in [2.24, 2.45) is 0 Å². The number of rotatable bonds is 6. The number of halogens is 2. The number of hydrogen-bond donors (Lipinski definition) is 1. The molecule has 0 bridgehead atoms. The molecule has 134 valence electrons. The summed E-state index contributed by atoms with van der Waals surface area (Å²) in [7, 11) is 1.57. The first-order chi connectivity index (χ1) is 12.5. The first-order valence-corrected chi connectivity index (χ1v) is 7.76. The lowest BCUT2D eigenvalue weighted by atomic mass is 10.1. The molecule has 2 aromatic heterocycles. The van der Waals surface area contributed by atoms with E-state index in [-0.39, 0.29) is 5.75 Å². The number of hydrogen-bond acceptors (Lipinski definition) is 5. The summed E-state index contributed by atoms with van der Waals surface area (Å²) in [5.74, 6) is -2.20. The number of nitrogens with zero attached hydrogens (tertiary/aromatic N) is 2. The van der Waals surface area contributed by atoms with Gasteiger partial charge in [-0.25, -0.2) is 4.98 Å². The van der Waals surface area contributed by atoms with Crippen LogP contribution in [0, 0.1) is 0 Å². The summed E-state index contributed by atoms with van der Waals surface area (Å²) in [6, 6.07) is 13.4. The Balaban J connectivity index is 1.92. The monoisotopic (exact) mass is 358 g/mol. The maximum atomic E-state index is 13.4. The Hall–Kier alpha value is -3.06. The predicted molar refractivity (Wildman–Crippen MR) is 91.5 cm³/mol. The fourth-order valence-electron chi connectivity index (χ4n) is 2.39. The fourth-order valence-corrected chi connectivity index (χ4v) is 2.39. The molecule has 3 aromatic rings. The molecule has 5 nitrogen and oxygen atoms in total. The van der Waals surface area contributed by atoms with Crippen LogP contribution in [-0.4, -0.2) is 28.8 Å². The fraction of sp³-hybridized carbons (Fsp3) is 0.158. The first kappa shape index (κ1) is 17.8. The van der Waals surface area contributed by atoms with Gasteiger partial charge in [-0.2, -0.15) is 8.78 Å². The highest BCUT2D eigenvalue weighted by molar-refractivity contribution is 5.74. The van der Waals surface area contributed by atoms with E-state index >= 15 is 0 Å². The number of methoxy groups -OCH3 is 1. The summed E-state index contributed by atoms with van der Waals surface area (Å²) in [5, 5.41) is 8.72. The van der Waals surface area contributed by atoms with Gasteiger partial charge in [-0.1, -0.05) is 18.2 Å². The van der Waals surface area contributed by atoms with E-state index in [9.17, 15) is 8.78 Å². The minimum atomic E-state index is -3.40. The quantitative estimate of drug-likeness (QED) is 0.721. The van der Waals surface area contributed by atoms with Crippen LogP contribution in [0.15, 0.2) is 60.9 Å². The van der Waals surface area contributed by atoms with Gasteiger partial charge in [-0.3, -0.25) is 4.98 Å². The molecular formula is C19H16F2N2O3. The Bertz CT molecular complexity index is 886. The van der Waals surface area contributed by atoms with Gasteiger partial charge >= 0.3 is 5.92 Å². The highest BCUT2D eigenvalue weighted by Crippen LogP contribution is 2.36. The van der Waals surface area contributed by atoms with E-state index in [2.05, 4.69) is 9.97 Å². The minimum Gasteiger partial charge on any atom is -0.496 e. The topological polar surface area (TPSA) is 64.5 Å². The largest absolute Gasteiger partial charge is 0.496 e. The molecule has 0 fully saturated rings. The summed E-state index contributed by atoms with van der Waals surface area (Å²) in [6.07, 6.45) is 2.73. The van der Waals surface area contributed by atoms with Crippen molar-refractivity contribution in [1.82, 2.24) is 9.97 Å². The molecule has 2 heterocycles. The average molecular weight is 358 g/mol. The highest BCUT2D eigenvalue weighted by Gasteiger charge is 2.32. The van der Waals surface area contributed by atoms with Crippen LogP contribution >= 0.6 is 0 Å². The van der Waals surface area contributed by atoms with Gasteiger partial charge in [0, 0.05) is 17.3 Å². The molecule has 26 heavy (non-hydrogen) atoms. The van der Waals surface area contributed by atoms with Crippen LogP contribution in [0.2, 0.25) is 0 Å². The lowest BCUT2D eigenvalue weighted by Gasteiger charge is -2.14. The van der Waals surface area contributed by atoms with Gasteiger partial charge in [0.05, 0.1) is 13.3 Å². The number of aliphatic hydroxyl groups excluding tert-OH is 1. The highest BCUT2D eigenvalue weighted by atomic mass is 19.3. The zero-order valence-electron chi connectivity index (χ0n) is 13.9. The third-order valence-electron chi connectivity index (χ3n) is 3.69. The number of aromatic nitrogens is 2. The second kappa shape index (κ2) is 7.45. The van der Waals surface area contributed by atoms with Crippen molar-refractivity contribution < 1.29 is 23.4 Å². The Kier molecular flexibility index (Phi) is 5.09. The average Bonchev–Trinajstić information content (AvgIpc) is 2.69. The number of para-hydroxylation sites is 1. The van der Waals surface area contributed by atoms with Crippen LogP contribution in [0.5, 0.6) is 17.4 Å². The van der Waals surface area contributed by atoms with Crippen molar-refractivity contribution in [3.05, 3.63) is 66.6 Å². The predicted octanol–water partition coefficient (Wildman–Crippen LogP) is 4.03. The van der Waals surface area contributed by atoms with E-state index in [1.807, 2.05) is 30.3 Å². The molecule has 0 unspecified atom stereocenters. The van der Waals surface area contributed by atoms with Crippen LogP contribution in [0.1, 0.15) is 5.69 Å². The van der Waals surface area contributed by atoms with Gasteiger partial charge in [-0.05, 0) is 30.3 Å². The van der Waals surface area contributed by atoms with E-state index in [1.165, 1.54) is 12.3 Å². The van der Waals surface area contributed by atoms with E-state index in [1.54, 1.807) is 19.4 Å². The zero-order valence-corrected chi connectivity index (χ0v) is 13.9. The van der Waals surface area contributed by atoms with Gasteiger partial charge in [0.15, 0.2) is 0 Å². The van der Waals surface area contributed by atoms with Crippen molar-refractivity contribution in [2.45, 2.75) is 5.92 Å². The molecule has 0 aliphatic heterocycles. The second-order valence-electron chi connectivity index (χ2n) is 5.40. The third kappa shape index (κ3) is 3.62. The van der Waals surface area contributed by atoms with Crippen molar-refractivity contribution in [3.63, 3.8) is 0 Å². The zero-order chi connectivity index (χ0) is 18.6. The molecule has 1 N–H and O–H groups in total. The second-order valence-corrected chi connectivity index (χ2v) is 5.40. The number of ether oxygens (including phenoxy) is 2. The molecule has 0 aliphatic rings. The normalized spacial score (nSPS) is 11.2. The number of pyridine rings is 2. The third-order valence-corrected chi connectivity index (χ3v) is 3.69. The van der Waals surface area contributed by atoms with E-state index in [4.69, 9.17) is 14.6 Å². The molecule has 0 spiro atoms. The lowest BCUT2D eigenvalue weighted by molar-refractivity contribution is -0.0592. The summed E-state index contributed by atoms with van der Waals surface area (Å²) >= 11 is 0. The molecule has 0 aliphatic carbocycles. The van der Waals surface area contributed by atoms with Crippen LogP contribution < -0.4 is 9.47 Å². The Morgan fingerprint density at radius 1 is 1.00 bits per heavy atom. The molecule has 0 saturated heterocycles. The summed E-state index contributed by atoms with van der Waals surface area (Å²) in [5.41, 5.74) is 0.947. The molecule has 0 atom stereocenters. The SMILES string of the molecule is COc1ccccc1-c1cccnc1Oc1ccc(C(F)(F)CO)nc1. The Morgan fingerprint density at radius 3 is 2.46 bits per heavy atom. The van der Waals surface area contributed by atoms with Crippen molar-refractivity contribution in [2.75, 3.05) is 13.7 Å². The van der Waals surface area contributed by atoms with Crippen LogP contribution in [-0.2, 0) is 5.92 Å². The molecular weight excluding hydrogens is 342 g/mol. The Labute approximate surface area is 148 Å². The van der Waals surface area contributed by atoms with Crippen LogP contribution in [0.3, 0.4) is 0 Å². The summed E-state index contributed by atoms with van der Waals surface area (Å²) < 4.78 is 38.0. The standard InChI is InChI=1S/C19H16F2N2O3/c1-25-16-7-3-2-5-14(16)15-6-4-10-22-18(15)26-13-8-9-17(23-11-13)19(20,21)12-24/h2-11,24H,12H2,1H3. The molecule has 0 saturated carbocycles. The van der Waals surface area contributed by atoms with Gasteiger partial charge in [0.25, 0.3) is 0 Å². The molecule has 0 amide bonds. The van der Waals surface area contributed by atoms with Crippen LogP contribution in [0.25, 0.3) is 11.1 Å². The maximum Gasteiger partial charge on any atom is 0.312 e. The molecule has 7 heteroatoms.